The SMILES string of the molecule is Cc1cc(Cl)cc(Sc2ccc(C#N)cc2S(=O)(=O)N2CC[S+]([O-])CC2)c1. The van der Waals surface area contributed by atoms with E-state index in [2.05, 4.69) is 0 Å². The maximum Gasteiger partial charge on any atom is 0.244 e. The molecule has 1 aliphatic rings. The molecule has 27 heavy (non-hydrogen) atoms. The van der Waals surface area contributed by atoms with Crippen LogP contribution in [0.1, 0.15) is 11.1 Å². The monoisotopic (exact) mass is 440 g/mol. The highest BCUT2D eigenvalue weighted by Crippen LogP contribution is 2.36. The molecule has 2 aromatic carbocycles. The van der Waals surface area contributed by atoms with Gasteiger partial charge < -0.3 is 4.55 Å². The first-order valence-electron chi connectivity index (χ1n) is 8.14. The first-order valence-corrected chi connectivity index (χ1v) is 12.3. The molecule has 1 heterocycles. The predicted molar refractivity (Wildman–Crippen MR) is 108 cm³/mol. The van der Waals surface area contributed by atoms with Crippen LogP contribution in [-0.4, -0.2) is 41.9 Å². The third kappa shape index (κ3) is 4.80. The Morgan fingerprint density at radius 1 is 1.22 bits per heavy atom. The molecular weight excluding hydrogens is 424 g/mol. The zero-order valence-corrected chi connectivity index (χ0v) is 17.7. The molecule has 1 saturated heterocycles. The zero-order valence-electron chi connectivity index (χ0n) is 14.5. The molecule has 0 aromatic heterocycles. The van der Waals surface area contributed by atoms with Crippen LogP contribution in [0.5, 0.6) is 0 Å². The van der Waals surface area contributed by atoms with Crippen molar-refractivity contribution in [2.24, 2.45) is 0 Å². The molecule has 0 radical (unpaired) electrons. The Hall–Kier alpha value is -1.21. The third-order valence-corrected chi connectivity index (χ3v) is 8.68. The van der Waals surface area contributed by atoms with Crippen LogP contribution in [0.15, 0.2) is 51.1 Å². The Bertz CT molecular complexity index is 977. The van der Waals surface area contributed by atoms with Gasteiger partial charge >= 0.3 is 0 Å². The molecule has 5 nitrogen and oxygen atoms in total. The summed E-state index contributed by atoms with van der Waals surface area (Å²) >= 11 is 6.43. The van der Waals surface area contributed by atoms with Crippen LogP contribution < -0.4 is 0 Å². The minimum atomic E-state index is -3.80. The van der Waals surface area contributed by atoms with E-state index in [0.29, 0.717) is 21.4 Å². The quantitative estimate of drug-likeness (QED) is 0.680. The van der Waals surface area contributed by atoms with Crippen LogP contribution >= 0.6 is 23.4 Å². The van der Waals surface area contributed by atoms with Crippen LogP contribution in [0, 0.1) is 18.3 Å². The fraction of sp³-hybridized carbons (Fsp3) is 0.278. The van der Waals surface area contributed by atoms with Gasteiger partial charge in [-0.2, -0.15) is 9.57 Å². The fourth-order valence-electron chi connectivity index (χ4n) is 2.75. The van der Waals surface area contributed by atoms with E-state index in [1.165, 1.54) is 22.1 Å². The van der Waals surface area contributed by atoms with Gasteiger partial charge in [-0.15, -0.1) is 0 Å². The number of benzene rings is 2. The topological polar surface area (TPSA) is 84.2 Å². The molecule has 0 spiro atoms. The Kier molecular flexibility index (Phi) is 6.41. The minimum absolute atomic E-state index is 0.0943. The van der Waals surface area contributed by atoms with Crippen molar-refractivity contribution < 1.29 is 13.0 Å². The molecule has 0 bridgehead atoms. The van der Waals surface area contributed by atoms with Crippen molar-refractivity contribution in [1.82, 2.24) is 4.31 Å². The lowest BCUT2D eigenvalue weighted by atomic mass is 10.2. The van der Waals surface area contributed by atoms with Crippen molar-refractivity contribution in [3.05, 3.63) is 52.5 Å². The summed E-state index contributed by atoms with van der Waals surface area (Å²) in [4.78, 5) is 1.44. The van der Waals surface area contributed by atoms with E-state index < -0.39 is 21.2 Å². The number of halogens is 1. The van der Waals surface area contributed by atoms with Crippen LogP contribution in [0.2, 0.25) is 5.02 Å². The van der Waals surface area contributed by atoms with Gasteiger partial charge in [0.1, 0.15) is 11.5 Å². The van der Waals surface area contributed by atoms with Crippen molar-refractivity contribution in [3.63, 3.8) is 0 Å². The maximum absolute atomic E-state index is 13.2. The number of nitrogens with zero attached hydrogens (tertiary/aromatic N) is 2. The van der Waals surface area contributed by atoms with Crippen LogP contribution in [0.3, 0.4) is 0 Å². The average molecular weight is 441 g/mol. The molecule has 0 aliphatic carbocycles. The summed E-state index contributed by atoms with van der Waals surface area (Å²) in [5, 5.41) is 9.78. The second-order valence-corrected chi connectivity index (χ2v) is 11.2. The number of rotatable bonds is 4. The van der Waals surface area contributed by atoms with E-state index in [9.17, 15) is 18.2 Å². The first-order chi connectivity index (χ1) is 12.8. The Labute approximate surface area is 171 Å². The van der Waals surface area contributed by atoms with Gasteiger partial charge in [0.25, 0.3) is 0 Å². The van der Waals surface area contributed by atoms with Gasteiger partial charge in [0.15, 0.2) is 0 Å². The zero-order chi connectivity index (χ0) is 19.6. The largest absolute Gasteiger partial charge is 0.616 e. The van der Waals surface area contributed by atoms with Crippen LogP contribution in [-0.2, 0) is 21.2 Å². The number of nitriles is 1. The van der Waals surface area contributed by atoms with Gasteiger partial charge in [-0.3, -0.25) is 0 Å². The second-order valence-electron chi connectivity index (χ2n) is 6.09. The van der Waals surface area contributed by atoms with Gasteiger partial charge in [0.05, 0.1) is 29.6 Å². The van der Waals surface area contributed by atoms with Crippen molar-refractivity contribution in [2.75, 3.05) is 24.6 Å². The van der Waals surface area contributed by atoms with E-state index in [0.717, 1.165) is 10.5 Å². The number of hydrogen-bond donors (Lipinski definition) is 0. The Balaban J connectivity index is 2.02. The number of hydrogen-bond acceptors (Lipinski definition) is 5. The molecule has 142 valence electrons. The van der Waals surface area contributed by atoms with Crippen molar-refractivity contribution in [3.8, 4) is 6.07 Å². The summed E-state index contributed by atoms with van der Waals surface area (Å²) in [5.74, 6) is 0.653. The van der Waals surface area contributed by atoms with E-state index in [-0.39, 0.29) is 23.5 Å². The van der Waals surface area contributed by atoms with Gasteiger partial charge in [-0.05, 0) is 48.9 Å². The summed E-state index contributed by atoms with van der Waals surface area (Å²) in [7, 11) is -3.80. The summed E-state index contributed by atoms with van der Waals surface area (Å²) in [6.45, 7) is 2.35. The molecule has 1 fully saturated rings. The highest BCUT2D eigenvalue weighted by atomic mass is 35.5. The van der Waals surface area contributed by atoms with E-state index in [1.54, 1.807) is 18.2 Å². The van der Waals surface area contributed by atoms with Crippen LogP contribution in [0.25, 0.3) is 0 Å². The molecule has 0 N–H and O–H groups in total. The third-order valence-electron chi connectivity index (χ3n) is 4.07. The average Bonchev–Trinajstić information content (AvgIpc) is 2.61. The van der Waals surface area contributed by atoms with Gasteiger partial charge in [-0.25, -0.2) is 8.42 Å². The van der Waals surface area contributed by atoms with Gasteiger partial charge in [-0.1, -0.05) is 34.5 Å². The van der Waals surface area contributed by atoms with Crippen LogP contribution in [0.4, 0.5) is 0 Å². The van der Waals surface area contributed by atoms with Gasteiger partial charge in [0, 0.05) is 14.8 Å². The first kappa shape index (κ1) is 20.5. The lowest BCUT2D eigenvalue weighted by molar-refractivity contribution is 0.429. The minimum Gasteiger partial charge on any atom is -0.616 e. The molecule has 0 atom stereocenters. The predicted octanol–water partition coefficient (Wildman–Crippen LogP) is 3.42. The Morgan fingerprint density at radius 2 is 1.93 bits per heavy atom. The molecular formula is C18H17ClN2O3S3. The fourth-order valence-corrected chi connectivity index (χ4v) is 7.35. The Morgan fingerprint density at radius 3 is 2.56 bits per heavy atom. The summed E-state index contributed by atoms with van der Waals surface area (Å²) in [6, 6.07) is 12.2. The second kappa shape index (κ2) is 8.43. The van der Waals surface area contributed by atoms with Crippen molar-refractivity contribution >= 4 is 44.6 Å². The summed E-state index contributed by atoms with van der Waals surface area (Å²) < 4.78 is 39.3. The molecule has 0 saturated carbocycles. The van der Waals surface area contributed by atoms with Crippen molar-refractivity contribution in [2.45, 2.75) is 21.6 Å². The summed E-state index contributed by atoms with van der Waals surface area (Å²) in [6.07, 6.45) is 0. The molecule has 0 unspecified atom stereocenters. The highest BCUT2D eigenvalue weighted by molar-refractivity contribution is 8.00. The number of aryl methyl sites for hydroxylation is 1. The highest BCUT2D eigenvalue weighted by Gasteiger charge is 2.32. The molecule has 1 aliphatic heterocycles. The molecule has 9 heteroatoms. The van der Waals surface area contributed by atoms with E-state index in [1.807, 2.05) is 25.1 Å². The maximum atomic E-state index is 13.2. The normalized spacial score (nSPS) is 16.2. The smallest absolute Gasteiger partial charge is 0.244 e. The summed E-state index contributed by atoms with van der Waals surface area (Å²) in [5.41, 5.74) is 1.25. The number of sulfonamides is 1. The lowest BCUT2D eigenvalue weighted by Crippen LogP contribution is -2.43. The van der Waals surface area contributed by atoms with E-state index >= 15 is 0 Å². The van der Waals surface area contributed by atoms with E-state index in [4.69, 9.17) is 11.6 Å². The molecule has 2 aromatic rings. The van der Waals surface area contributed by atoms with Crippen molar-refractivity contribution in [1.29, 1.82) is 5.26 Å². The lowest BCUT2D eigenvalue weighted by Gasteiger charge is -2.28. The molecule has 3 rings (SSSR count). The molecule has 0 amide bonds. The standard InChI is InChI=1S/C18H17ClN2O3S3/c1-13-8-15(19)11-16(9-13)25-17-3-2-14(12-20)10-18(17)27(23,24)21-4-6-26(22)7-5-21/h2-3,8-11H,4-7H2,1H3. The van der Waals surface area contributed by atoms with Gasteiger partial charge in [0.2, 0.25) is 10.0 Å².